The van der Waals surface area contributed by atoms with E-state index in [1.807, 2.05) is 0 Å². The molecule has 1 fully saturated rings. The topological polar surface area (TPSA) is 37.4 Å². The zero-order valence-corrected chi connectivity index (χ0v) is 9.78. The van der Waals surface area contributed by atoms with Gasteiger partial charge in [0.05, 0.1) is 5.56 Å². The largest absolute Gasteiger partial charge is 0.416 e. The Morgan fingerprint density at radius 1 is 1.32 bits per heavy atom. The normalized spacial score (nSPS) is 15.7. The van der Waals surface area contributed by atoms with Crippen molar-refractivity contribution in [2.45, 2.75) is 12.6 Å². The molecule has 1 aliphatic rings. The molecule has 0 N–H and O–H groups in total. The van der Waals surface area contributed by atoms with Gasteiger partial charge in [-0.15, -0.1) is 0 Å². The van der Waals surface area contributed by atoms with Gasteiger partial charge in [-0.05, 0) is 23.8 Å². The van der Waals surface area contributed by atoms with Gasteiger partial charge in [0.2, 0.25) is 5.91 Å². The minimum atomic E-state index is -4.42. The zero-order chi connectivity index (χ0) is 14.0. The number of alkyl halides is 3. The van der Waals surface area contributed by atoms with E-state index < -0.39 is 17.6 Å². The first-order chi connectivity index (χ1) is 8.88. The van der Waals surface area contributed by atoms with Crippen molar-refractivity contribution in [1.82, 2.24) is 4.90 Å². The van der Waals surface area contributed by atoms with Gasteiger partial charge in [-0.2, -0.15) is 13.2 Å². The van der Waals surface area contributed by atoms with Crippen molar-refractivity contribution in [2.24, 2.45) is 0 Å². The van der Waals surface area contributed by atoms with Gasteiger partial charge in [0.1, 0.15) is 0 Å². The lowest BCUT2D eigenvalue weighted by Crippen LogP contribution is -2.46. The standard InChI is InChI=1S/C13H10F3NO2/c14-13(15,16)10-3-1-2-9(8-10)4-5-11(18)17-7-6-12(17)19/h1-5,8H,6-7H2/b5-4+. The van der Waals surface area contributed by atoms with E-state index in [4.69, 9.17) is 0 Å². The lowest BCUT2D eigenvalue weighted by Gasteiger charge is -2.27. The van der Waals surface area contributed by atoms with Gasteiger partial charge < -0.3 is 0 Å². The van der Waals surface area contributed by atoms with Crippen LogP contribution in [0.3, 0.4) is 0 Å². The molecule has 0 aliphatic carbocycles. The Morgan fingerprint density at radius 3 is 2.58 bits per heavy atom. The van der Waals surface area contributed by atoms with Crippen LogP contribution in [0.2, 0.25) is 0 Å². The number of likely N-dealkylation sites (tertiary alicyclic amines) is 1. The third-order valence-corrected chi connectivity index (χ3v) is 2.75. The number of imide groups is 1. The van der Waals surface area contributed by atoms with E-state index in [-0.39, 0.29) is 11.5 Å². The summed E-state index contributed by atoms with van der Waals surface area (Å²) in [5.41, 5.74) is -0.515. The number of rotatable bonds is 2. The van der Waals surface area contributed by atoms with Crippen LogP contribution in [0.1, 0.15) is 17.5 Å². The Hall–Kier alpha value is -2.11. The second kappa shape index (κ2) is 4.87. The van der Waals surface area contributed by atoms with Gasteiger partial charge in [-0.3, -0.25) is 14.5 Å². The molecule has 1 heterocycles. The number of hydrogen-bond acceptors (Lipinski definition) is 2. The molecule has 100 valence electrons. The molecule has 6 heteroatoms. The van der Waals surface area contributed by atoms with Gasteiger partial charge in [0, 0.05) is 19.0 Å². The molecule has 2 rings (SSSR count). The van der Waals surface area contributed by atoms with E-state index in [0.717, 1.165) is 23.1 Å². The number of benzene rings is 1. The van der Waals surface area contributed by atoms with Crippen LogP contribution in [-0.4, -0.2) is 23.3 Å². The summed E-state index contributed by atoms with van der Waals surface area (Å²) in [6.07, 6.45) is -1.71. The summed E-state index contributed by atoms with van der Waals surface area (Å²) in [4.78, 5) is 23.5. The van der Waals surface area contributed by atoms with Crippen molar-refractivity contribution in [3.05, 3.63) is 41.5 Å². The van der Waals surface area contributed by atoms with Crippen LogP contribution < -0.4 is 0 Å². The van der Waals surface area contributed by atoms with E-state index >= 15 is 0 Å². The summed E-state index contributed by atoms with van der Waals surface area (Å²) < 4.78 is 37.4. The monoisotopic (exact) mass is 269 g/mol. The van der Waals surface area contributed by atoms with Crippen LogP contribution in [0.4, 0.5) is 13.2 Å². The maximum absolute atomic E-state index is 12.5. The Morgan fingerprint density at radius 2 is 2.05 bits per heavy atom. The van der Waals surface area contributed by atoms with Gasteiger partial charge in [-0.25, -0.2) is 0 Å². The highest BCUT2D eigenvalue weighted by Gasteiger charge is 2.30. The molecule has 1 aromatic rings. The molecule has 2 amide bonds. The highest BCUT2D eigenvalue weighted by molar-refractivity contribution is 6.05. The van der Waals surface area contributed by atoms with Crippen LogP contribution in [0.25, 0.3) is 6.08 Å². The number of β-lactam (4-membered cyclic amide) rings is 1. The molecule has 1 saturated heterocycles. The van der Waals surface area contributed by atoms with Crippen molar-refractivity contribution < 1.29 is 22.8 Å². The molecular formula is C13H10F3NO2. The molecule has 0 aromatic heterocycles. The quantitative estimate of drug-likeness (QED) is 0.611. The lowest BCUT2D eigenvalue weighted by atomic mass is 10.1. The highest BCUT2D eigenvalue weighted by atomic mass is 19.4. The van der Waals surface area contributed by atoms with Crippen LogP contribution in [0.5, 0.6) is 0 Å². The maximum Gasteiger partial charge on any atom is 0.416 e. The summed E-state index contributed by atoms with van der Waals surface area (Å²) in [7, 11) is 0. The first-order valence-corrected chi connectivity index (χ1v) is 5.57. The molecular weight excluding hydrogens is 259 g/mol. The molecule has 1 aromatic carbocycles. The van der Waals surface area contributed by atoms with Crippen LogP contribution in [0, 0.1) is 0 Å². The van der Waals surface area contributed by atoms with Crippen molar-refractivity contribution in [1.29, 1.82) is 0 Å². The minimum absolute atomic E-state index is 0.260. The third-order valence-electron chi connectivity index (χ3n) is 2.75. The van der Waals surface area contributed by atoms with Crippen LogP contribution in [-0.2, 0) is 15.8 Å². The highest BCUT2D eigenvalue weighted by Crippen LogP contribution is 2.29. The second-order valence-electron chi connectivity index (χ2n) is 4.09. The van der Waals surface area contributed by atoms with Gasteiger partial charge in [0.25, 0.3) is 5.91 Å². The lowest BCUT2D eigenvalue weighted by molar-refractivity contribution is -0.149. The first kappa shape index (κ1) is 13.3. The van der Waals surface area contributed by atoms with E-state index in [9.17, 15) is 22.8 Å². The molecule has 0 bridgehead atoms. The minimum Gasteiger partial charge on any atom is -0.278 e. The van der Waals surface area contributed by atoms with Crippen LogP contribution >= 0.6 is 0 Å². The summed E-state index contributed by atoms with van der Waals surface area (Å²) in [5, 5.41) is 0. The Kier molecular flexibility index (Phi) is 3.42. The summed E-state index contributed by atoms with van der Waals surface area (Å²) >= 11 is 0. The summed E-state index contributed by atoms with van der Waals surface area (Å²) in [6.45, 7) is 0.366. The van der Waals surface area contributed by atoms with Crippen molar-refractivity contribution in [2.75, 3.05) is 6.54 Å². The molecule has 0 saturated carbocycles. The van der Waals surface area contributed by atoms with Crippen molar-refractivity contribution in [3.8, 4) is 0 Å². The number of carbonyl (C=O) groups excluding carboxylic acids is 2. The Labute approximate surface area is 107 Å². The number of amides is 2. The maximum atomic E-state index is 12.5. The second-order valence-corrected chi connectivity index (χ2v) is 4.09. The predicted octanol–water partition coefficient (Wildman–Crippen LogP) is 2.48. The van der Waals surface area contributed by atoms with E-state index in [0.29, 0.717) is 13.0 Å². The summed E-state index contributed by atoms with van der Waals surface area (Å²) in [6, 6.07) is 4.62. The molecule has 0 spiro atoms. The smallest absolute Gasteiger partial charge is 0.278 e. The molecule has 0 radical (unpaired) electrons. The fraction of sp³-hybridized carbons (Fsp3) is 0.231. The van der Waals surface area contributed by atoms with E-state index in [2.05, 4.69) is 0 Å². The average Bonchev–Trinajstić information content (AvgIpc) is 2.34. The molecule has 19 heavy (non-hydrogen) atoms. The van der Waals surface area contributed by atoms with Gasteiger partial charge in [-0.1, -0.05) is 12.1 Å². The van der Waals surface area contributed by atoms with Crippen molar-refractivity contribution >= 4 is 17.9 Å². The van der Waals surface area contributed by atoms with Gasteiger partial charge in [0.15, 0.2) is 0 Å². The Bertz CT molecular complexity index is 549. The van der Waals surface area contributed by atoms with Crippen LogP contribution in [0.15, 0.2) is 30.3 Å². The molecule has 0 atom stereocenters. The van der Waals surface area contributed by atoms with Crippen molar-refractivity contribution in [3.63, 3.8) is 0 Å². The fourth-order valence-electron chi connectivity index (χ4n) is 1.62. The first-order valence-electron chi connectivity index (χ1n) is 5.57. The average molecular weight is 269 g/mol. The zero-order valence-electron chi connectivity index (χ0n) is 9.78. The number of nitrogens with zero attached hydrogens (tertiary/aromatic N) is 1. The number of halogens is 3. The third kappa shape index (κ3) is 3.01. The van der Waals surface area contributed by atoms with E-state index in [1.54, 1.807) is 0 Å². The molecule has 3 nitrogen and oxygen atoms in total. The SMILES string of the molecule is O=C(/C=C/c1cccc(C(F)(F)F)c1)N1CCC1=O. The molecule has 0 unspecified atom stereocenters. The number of hydrogen-bond donors (Lipinski definition) is 0. The van der Waals surface area contributed by atoms with E-state index in [1.165, 1.54) is 18.2 Å². The fourth-order valence-corrected chi connectivity index (χ4v) is 1.62. The number of carbonyl (C=O) groups is 2. The Balaban J connectivity index is 2.11. The van der Waals surface area contributed by atoms with Gasteiger partial charge >= 0.3 is 6.18 Å². The predicted molar refractivity (Wildman–Crippen MR) is 61.8 cm³/mol. The summed E-state index contributed by atoms with van der Waals surface area (Å²) in [5.74, 6) is -0.771. The molecule has 1 aliphatic heterocycles.